The summed E-state index contributed by atoms with van der Waals surface area (Å²) in [4.78, 5) is 0. The standard InChI is InChI=1S/C16H24BrNO/c1-2-8-18-16(14-6-4-9-19-12-14)11-13-5-3-7-15(17)10-13/h3,5,7,10,14,16,18H,2,4,6,8-9,11-12H2,1H3. The molecule has 0 aliphatic carbocycles. The SMILES string of the molecule is CCCNC(Cc1cccc(Br)c1)C1CCCOC1. The number of ether oxygens (including phenoxy) is 1. The van der Waals surface area contributed by atoms with E-state index in [1.54, 1.807) is 0 Å². The molecule has 2 unspecified atom stereocenters. The van der Waals surface area contributed by atoms with Crippen LogP contribution in [0.15, 0.2) is 28.7 Å². The van der Waals surface area contributed by atoms with Gasteiger partial charge in [-0.05, 0) is 55.8 Å². The molecule has 19 heavy (non-hydrogen) atoms. The van der Waals surface area contributed by atoms with Crippen LogP contribution >= 0.6 is 15.9 Å². The normalized spacial score (nSPS) is 21.3. The molecule has 0 bridgehead atoms. The Morgan fingerprint density at radius 1 is 1.47 bits per heavy atom. The van der Waals surface area contributed by atoms with Crippen LogP contribution in [0.25, 0.3) is 0 Å². The van der Waals surface area contributed by atoms with E-state index < -0.39 is 0 Å². The highest BCUT2D eigenvalue weighted by Crippen LogP contribution is 2.21. The summed E-state index contributed by atoms with van der Waals surface area (Å²) in [6.07, 6.45) is 4.76. The summed E-state index contributed by atoms with van der Waals surface area (Å²) in [6, 6.07) is 9.18. The van der Waals surface area contributed by atoms with Gasteiger partial charge in [0.2, 0.25) is 0 Å². The summed E-state index contributed by atoms with van der Waals surface area (Å²) < 4.78 is 6.82. The summed E-state index contributed by atoms with van der Waals surface area (Å²) in [7, 11) is 0. The first-order valence-electron chi connectivity index (χ1n) is 7.35. The van der Waals surface area contributed by atoms with Crippen molar-refractivity contribution in [1.82, 2.24) is 5.32 Å². The number of hydrogen-bond acceptors (Lipinski definition) is 2. The summed E-state index contributed by atoms with van der Waals surface area (Å²) in [5.74, 6) is 0.652. The van der Waals surface area contributed by atoms with Crippen LogP contribution in [0.5, 0.6) is 0 Å². The maximum atomic E-state index is 5.66. The molecule has 0 amide bonds. The first kappa shape index (κ1) is 15.0. The zero-order chi connectivity index (χ0) is 13.5. The van der Waals surface area contributed by atoms with Gasteiger partial charge in [-0.1, -0.05) is 35.0 Å². The Bertz CT molecular complexity index is 377. The van der Waals surface area contributed by atoms with E-state index in [4.69, 9.17) is 4.74 Å². The van der Waals surface area contributed by atoms with E-state index in [1.165, 1.54) is 29.3 Å². The Labute approximate surface area is 125 Å². The Balaban J connectivity index is 1.99. The van der Waals surface area contributed by atoms with Crippen LogP contribution in [0, 0.1) is 5.92 Å². The molecule has 1 saturated heterocycles. The third kappa shape index (κ3) is 4.90. The van der Waals surface area contributed by atoms with Gasteiger partial charge in [-0.25, -0.2) is 0 Å². The lowest BCUT2D eigenvalue weighted by Gasteiger charge is -2.31. The Morgan fingerprint density at radius 3 is 3.05 bits per heavy atom. The van der Waals surface area contributed by atoms with Crippen molar-refractivity contribution in [2.24, 2.45) is 5.92 Å². The Kier molecular flexibility index (Phi) is 6.35. The lowest BCUT2D eigenvalue weighted by atomic mass is 9.89. The Hall–Kier alpha value is -0.380. The fourth-order valence-electron chi connectivity index (χ4n) is 2.74. The third-order valence-electron chi connectivity index (χ3n) is 3.77. The first-order chi connectivity index (χ1) is 9.29. The molecule has 0 aromatic heterocycles. The van der Waals surface area contributed by atoms with E-state index in [-0.39, 0.29) is 0 Å². The van der Waals surface area contributed by atoms with E-state index in [2.05, 4.69) is 52.4 Å². The van der Waals surface area contributed by atoms with Crippen molar-refractivity contribution < 1.29 is 4.74 Å². The predicted molar refractivity (Wildman–Crippen MR) is 83.5 cm³/mol. The quantitative estimate of drug-likeness (QED) is 0.859. The largest absolute Gasteiger partial charge is 0.381 e. The average molecular weight is 326 g/mol. The smallest absolute Gasteiger partial charge is 0.0509 e. The van der Waals surface area contributed by atoms with E-state index in [0.717, 1.165) is 26.2 Å². The van der Waals surface area contributed by atoms with Crippen LogP contribution < -0.4 is 5.32 Å². The highest BCUT2D eigenvalue weighted by molar-refractivity contribution is 9.10. The monoisotopic (exact) mass is 325 g/mol. The second-order valence-corrected chi connectivity index (χ2v) is 6.29. The van der Waals surface area contributed by atoms with Crippen LogP contribution in [-0.4, -0.2) is 25.8 Å². The number of halogens is 1. The predicted octanol–water partition coefficient (Wildman–Crippen LogP) is 3.79. The molecule has 2 atom stereocenters. The van der Waals surface area contributed by atoms with E-state index in [1.807, 2.05) is 0 Å². The highest BCUT2D eigenvalue weighted by Gasteiger charge is 2.23. The molecule has 1 N–H and O–H groups in total. The van der Waals surface area contributed by atoms with E-state index in [9.17, 15) is 0 Å². The van der Waals surface area contributed by atoms with Gasteiger partial charge in [0.15, 0.2) is 0 Å². The third-order valence-corrected chi connectivity index (χ3v) is 4.26. The highest BCUT2D eigenvalue weighted by atomic mass is 79.9. The molecule has 1 aromatic rings. The molecule has 106 valence electrons. The van der Waals surface area contributed by atoms with E-state index >= 15 is 0 Å². The zero-order valence-corrected chi connectivity index (χ0v) is 13.3. The van der Waals surface area contributed by atoms with Crippen molar-refractivity contribution in [3.63, 3.8) is 0 Å². The molecule has 2 rings (SSSR count). The maximum Gasteiger partial charge on any atom is 0.0509 e. The summed E-state index contributed by atoms with van der Waals surface area (Å²) in [5, 5.41) is 3.71. The molecule has 0 spiro atoms. The molecule has 0 saturated carbocycles. The van der Waals surface area contributed by atoms with Crippen molar-refractivity contribution in [2.45, 2.75) is 38.6 Å². The van der Waals surface area contributed by atoms with Crippen molar-refractivity contribution >= 4 is 15.9 Å². The van der Waals surface area contributed by atoms with Gasteiger partial charge in [0.25, 0.3) is 0 Å². The van der Waals surface area contributed by atoms with Crippen LogP contribution in [0.3, 0.4) is 0 Å². The number of hydrogen-bond donors (Lipinski definition) is 1. The second kappa shape index (κ2) is 8.03. The molecule has 1 heterocycles. The van der Waals surface area contributed by atoms with Gasteiger partial charge in [-0.15, -0.1) is 0 Å². The summed E-state index contributed by atoms with van der Waals surface area (Å²) in [5.41, 5.74) is 1.40. The molecular weight excluding hydrogens is 302 g/mol. The van der Waals surface area contributed by atoms with Crippen molar-refractivity contribution in [2.75, 3.05) is 19.8 Å². The summed E-state index contributed by atoms with van der Waals surface area (Å²) in [6.45, 7) is 5.17. The Morgan fingerprint density at radius 2 is 2.37 bits per heavy atom. The van der Waals surface area contributed by atoms with Gasteiger partial charge in [-0.2, -0.15) is 0 Å². The van der Waals surface area contributed by atoms with Gasteiger partial charge in [0.05, 0.1) is 6.61 Å². The fourth-order valence-corrected chi connectivity index (χ4v) is 3.18. The molecule has 1 aromatic carbocycles. The van der Waals surface area contributed by atoms with Crippen LogP contribution in [-0.2, 0) is 11.2 Å². The number of nitrogens with one attached hydrogen (secondary N) is 1. The van der Waals surface area contributed by atoms with Gasteiger partial charge in [-0.3, -0.25) is 0 Å². The van der Waals surface area contributed by atoms with Gasteiger partial charge in [0.1, 0.15) is 0 Å². The molecular formula is C16H24BrNO. The lowest BCUT2D eigenvalue weighted by Crippen LogP contribution is -2.42. The van der Waals surface area contributed by atoms with Crippen molar-refractivity contribution in [1.29, 1.82) is 0 Å². The number of benzene rings is 1. The second-order valence-electron chi connectivity index (χ2n) is 5.37. The summed E-state index contributed by atoms with van der Waals surface area (Å²) >= 11 is 3.56. The van der Waals surface area contributed by atoms with Crippen LogP contribution in [0.1, 0.15) is 31.7 Å². The zero-order valence-electron chi connectivity index (χ0n) is 11.7. The number of rotatable bonds is 6. The van der Waals surface area contributed by atoms with Gasteiger partial charge < -0.3 is 10.1 Å². The minimum Gasteiger partial charge on any atom is -0.381 e. The topological polar surface area (TPSA) is 21.3 Å². The first-order valence-corrected chi connectivity index (χ1v) is 8.14. The molecule has 1 fully saturated rings. The molecule has 1 aliphatic rings. The minimum atomic E-state index is 0.537. The molecule has 3 heteroatoms. The fraction of sp³-hybridized carbons (Fsp3) is 0.625. The van der Waals surface area contributed by atoms with Crippen LogP contribution in [0.2, 0.25) is 0 Å². The lowest BCUT2D eigenvalue weighted by molar-refractivity contribution is 0.0393. The molecule has 1 aliphatic heterocycles. The molecule has 2 nitrogen and oxygen atoms in total. The van der Waals surface area contributed by atoms with Crippen molar-refractivity contribution in [3.05, 3.63) is 34.3 Å². The van der Waals surface area contributed by atoms with Gasteiger partial charge in [0, 0.05) is 17.1 Å². The van der Waals surface area contributed by atoms with Gasteiger partial charge >= 0.3 is 0 Å². The molecule has 0 radical (unpaired) electrons. The van der Waals surface area contributed by atoms with E-state index in [0.29, 0.717) is 12.0 Å². The average Bonchev–Trinajstić information content (AvgIpc) is 2.44. The maximum absolute atomic E-state index is 5.66. The van der Waals surface area contributed by atoms with Crippen molar-refractivity contribution in [3.8, 4) is 0 Å². The van der Waals surface area contributed by atoms with Crippen LogP contribution in [0.4, 0.5) is 0 Å². The minimum absolute atomic E-state index is 0.537.